The van der Waals surface area contributed by atoms with Gasteiger partial charge in [0.05, 0.1) is 12.3 Å². The minimum atomic E-state index is 0.0408. The zero-order valence-electron chi connectivity index (χ0n) is 20.6. The normalized spacial score (nSPS) is 12.6. The highest BCUT2D eigenvalue weighted by molar-refractivity contribution is 6.04. The molecule has 0 saturated heterocycles. The minimum absolute atomic E-state index is 0.0408. The van der Waals surface area contributed by atoms with E-state index in [1.165, 1.54) is 5.56 Å². The van der Waals surface area contributed by atoms with Crippen molar-refractivity contribution >= 4 is 17.0 Å². The fourth-order valence-electron chi connectivity index (χ4n) is 3.80. The first-order valence-electron chi connectivity index (χ1n) is 11.5. The van der Waals surface area contributed by atoms with E-state index in [-0.39, 0.29) is 6.61 Å². The molecule has 0 bridgehead atoms. The molecule has 0 aliphatic rings. The zero-order chi connectivity index (χ0) is 24.7. The van der Waals surface area contributed by atoms with Crippen molar-refractivity contribution in [1.82, 2.24) is 0 Å². The van der Waals surface area contributed by atoms with Gasteiger partial charge in [0.25, 0.3) is 0 Å². The van der Waals surface area contributed by atoms with Crippen molar-refractivity contribution in [3.05, 3.63) is 132 Å². The third kappa shape index (κ3) is 6.18. The van der Waals surface area contributed by atoms with E-state index < -0.39 is 0 Å². The van der Waals surface area contributed by atoms with Gasteiger partial charge in [-0.15, -0.1) is 0 Å². The molecule has 0 aromatic heterocycles. The van der Waals surface area contributed by atoms with Gasteiger partial charge in [-0.2, -0.15) is 0 Å². The molecule has 0 aliphatic heterocycles. The summed E-state index contributed by atoms with van der Waals surface area (Å²) in [5.41, 5.74) is 11.0. The van der Waals surface area contributed by atoms with Crippen LogP contribution in [0.4, 0.5) is 0 Å². The highest BCUT2D eigenvalue weighted by atomic mass is 16.3. The summed E-state index contributed by atoms with van der Waals surface area (Å²) in [5, 5.41) is 9.58. The average Bonchev–Trinajstić information content (AvgIpc) is 2.84. The molecular formula is C32H33NO. The van der Waals surface area contributed by atoms with Gasteiger partial charge >= 0.3 is 0 Å². The highest BCUT2D eigenvalue weighted by Gasteiger charge is 2.07. The highest BCUT2D eigenvalue weighted by Crippen LogP contribution is 2.25. The molecule has 0 spiro atoms. The number of rotatable bonds is 8. The molecule has 0 amide bonds. The van der Waals surface area contributed by atoms with Crippen LogP contribution >= 0.6 is 0 Å². The molecule has 172 valence electrons. The lowest BCUT2D eigenvalue weighted by Crippen LogP contribution is -1.99. The third-order valence-corrected chi connectivity index (χ3v) is 5.93. The molecule has 34 heavy (non-hydrogen) atoms. The summed E-state index contributed by atoms with van der Waals surface area (Å²) in [5.74, 6) is 0. The fourth-order valence-corrected chi connectivity index (χ4v) is 3.80. The van der Waals surface area contributed by atoms with Gasteiger partial charge in [-0.05, 0) is 84.4 Å². The van der Waals surface area contributed by atoms with Crippen LogP contribution in [0, 0.1) is 6.92 Å². The average molecular weight is 448 g/mol. The molecule has 2 nitrogen and oxygen atoms in total. The number of aliphatic hydroxyl groups excluding tert-OH is 1. The van der Waals surface area contributed by atoms with E-state index in [1.54, 1.807) is 0 Å². The van der Waals surface area contributed by atoms with Gasteiger partial charge in [0.1, 0.15) is 0 Å². The Bertz CT molecular complexity index is 1290. The van der Waals surface area contributed by atoms with Gasteiger partial charge in [-0.3, -0.25) is 4.99 Å². The monoisotopic (exact) mass is 447 g/mol. The molecule has 0 atom stereocenters. The first-order chi connectivity index (χ1) is 16.3. The molecule has 0 saturated carbocycles. The van der Waals surface area contributed by atoms with Crippen molar-refractivity contribution in [2.24, 2.45) is 4.99 Å². The molecule has 0 unspecified atom stereocenters. The second-order valence-corrected chi connectivity index (χ2v) is 8.60. The van der Waals surface area contributed by atoms with E-state index in [9.17, 15) is 5.11 Å². The molecule has 2 heteroatoms. The Hall–Kier alpha value is -3.75. The first kappa shape index (κ1) is 24.9. The van der Waals surface area contributed by atoms with Crippen LogP contribution in [0.5, 0.6) is 0 Å². The van der Waals surface area contributed by atoms with E-state index in [0.717, 1.165) is 50.2 Å². The lowest BCUT2D eigenvalue weighted by atomic mass is 9.99. The molecule has 0 radical (unpaired) electrons. The van der Waals surface area contributed by atoms with Gasteiger partial charge in [0, 0.05) is 11.3 Å². The maximum absolute atomic E-state index is 9.58. The molecule has 3 rings (SSSR count). The molecule has 3 aromatic carbocycles. The van der Waals surface area contributed by atoms with Crippen molar-refractivity contribution in [2.75, 3.05) is 0 Å². The number of aliphatic imine (C=N–C) groups is 1. The van der Waals surface area contributed by atoms with E-state index in [2.05, 4.69) is 62.6 Å². The number of hydrogen-bond donors (Lipinski definition) is 1. The van der Waals surface area contributed by atoms with Crippen LogP contribution in [-0.4, -0.2) is 10.8 Å². The summed E-state index contributed by atoms with van der Waals surface area (Å²) in [7, 11) is 0. The quantitative estimate of drug-likeness (QED) is 0.274. The number of aryl methyl sites for hydroxylation is 1. The molecule has 3 aromatic rings. The maximum Gasteiger partial charge on any atom is 0.0684 e. The fraction of sp³-hybridized carbons (Fsp3) is 0.156. The molecule has 0 heterocycles. The molecular weight excluding hydrogens is 414 g/mol. The molecule has 0 aliphatic carbocycles. The number of benzene rings is 3. The van der Waals surface area contributed by atoms with Crippen molar-refractivity contribution in [2.45, 2.75) is 34.3 Å². The topological polar surface area (TPSA) is 32.6 Å². The smallest absolute Gasteiger partial charge is 0.0684 e. The van der Waals surface area contributed by atoms with Gasteiger partial charge < -0.3 is 5.11 Å². The van der Waals surface area contributed by atoms with E-state index in [0.29, 0.717) is 5.70 Å². The summed E-state index contributed by atoms with van der Waals surface area (Å²) in [4.78, 5) is 4.82. The zero-order valence-corrected chi connectivity index (χ0v) is 20.6. The lowest BCUT2D eigenvalue weighted by molar-refractivity contribution is 0.281. The van der Waals surface area contributed by atoms with Crippen molar-refractivity contribution in [3.63, 3.8) is 0 Å². The van der Waals surface area contributed by atoms with Crippen LogP contribution in [0.15, 0.2) is 114 Å². The Labute approximate surface area is 204 Å². The van der Waals surface area contributed by atoms with Crippen molar-refractivity contribution in [3.8, 4) is 11.1 Å². The Kier molecular flexibility index (Phi) is 8.34. The van der Waals surface area contributed by atoms with Gasteiger partial charge in [-0.1, -0.05) is 86.0 Å². The van der Waals surface area contributed by atoms with Crippen LogP contribution in [0.25, 0.3) is 22.4 Å². The summed E-state index contributed by atoms with van der Waals surface area (Å²) >= 11 is 0. The first-order valence-corrected chi connectivity index (χ1v) is 11.5. The van der Waals surface area contributed by atoms with Gasteiger partial charge in [-0.25, -0.2) is 0 Å². The summed E-state index contributed by atoms with van der Waals surface area (Å²) in [6, 6.07) is 24.8. The van der Waals surface area contributed by atoms with Crippen LogP contribution in [0.2, 0.25) is 0 Å². The van der Waals surface area contributed by atoms with E-state index in [4.69, 9.17) is 4.99 Å². The Morgan fingerprint density at radius 2 is 1.53 bits per heavy atom. The van der Waals surface area contributed by atoms with Crippen molar-refractivity contribution < 1.29 is 5.11 Å². The second kappa shape index (κ2) is 11.4. The van der Waals surface area contributed by atoms with E-state index in [1.807, 2.05) is 63.2 Å². The number of allylic oxidation sites excluding steroid dienone is 5. The minimum Gasteiger partial charge on any atom is -0.392 e. The third-order valence-electron chi connectivity index (χ3n) is 5.93. The Balaban J connectivity index is 1.88. The summed E-state index contributed by atoms with van der Waals surface area (Å²) in [6.07, 6.45) is 4.14. The summed E-state index contributed by atoms with van der Waals surface area (Å²) < 4.78 is 0. The Morgan fingerprint density at radius 1 is 0.824 bits per heavy atom. The SMILES string of the molecule is C=C(C)/C(=C\C=C(/C)c1ccc(C)c(CO)c1)C(C)=NC(=C)c1cccc(-c2ccccc2)c1. The number of hydrogen-bond acceptors (Lipinski definition) is 2. The predicted octanol–water partition coefficient (Wildman–Crippen LogP) is 8.19. The largest absolute Gasteiger partial charge is 0.392 e. The van der Waals surface area contributed by atoms with E-state index >= 15 is 0 Å². The summed E-state index contributed by atoms with van der Waals surface area (Å²) in [6.45, 7) is 16.5. The van der Waals surface area contributed by atoms with Gasteiger partial charge in [0.15, 0.2) is 0 Å². The van der Waals surface area contributed by atoms with Crippen LogP contribution in [0.1, 0.15) is 43.0 Å². The molecule has 0 fully saturated rings. The molecule has 1 N–H and O–H groups in total. The van der Waals surface area contributed by atoms with Crippen LogP contribution in [-0.2, 0) is 6.61 Å². The second-order valence-electron chi connectivity index (χ2n) is 8.60. The standard InChI is InChI=1S/C32H33NO/c1-22(2)32(18-16-23(3)28-17-15-24(4)31(19-28)21-34)26(6)33-25(5)29-13-10-14-30(20-29)27-11-8-7-9-12-27/h7-20,34H,1,5,21H2,2-4,6H3/b23-16+,32-18+,33-26?. The van der Waals surface area contributed by atoms with Crippen LogP contribution < -0.4 is 0 Å². The predicted molar refractivity (Wildman–Crippen MR) is 148 cm³/mol. The van der Waals surface area contributed by atoms with Crippen molar-refractivity contribution in [1.29, 1.82) is 0 Å². The maximum atomic E-state index is 9.58. The van der Waals surface area contributed by atoms with Crippen LogP contribution in [0.3, 0.4) is 0 Å². The Morgan fingerprint density at radius 3 is 2.21 bits per heavy atom. The number of aliphatic hydroxyl groups is 1. The lowest BCUT2D eigenvalue weighted by Gasteiger charge is -2.10. The number of nitrogens with zero attached hydrogens (tertiary/aromatic N) is 1. The van der Waals surface area contributed by atoms with Gasteiger partial charge in [0.2, 0.25) is 0 Å².